The Hall–Kier alpha value is -4.58. The second kappa shape index (κ2) is 10.5. The third-order valence-electron chi connectivity index (χ3n) is 7.38. The molecule has 1 atom stereocenters. The fourth-order valence-electron chi connectivity index (χ4n) is 5.40. The molecule has 1 fully saturated rings. The maximum Gasteiger partial charge on any atom is 0.273 e. The number of aromatic amines is 1. The average Bonchev–Trinajstić information content (AvgIpc) is 3.69. The number of anilines is 2. The monoisotopic (exact) mass is 560 g/mol. The molecule has 1 aliphatic heterocycles. The number of hydrogen-bond acceptors (Lipinski definition) is 8. The van der Waals surface area contributed by atoms with Crippen LogP contribution in [0.4, 0.5) is 11.4 Å². The van der Waals surface area contributed by atoms with Crippen LogP contribution in [0.2, 0.25) is 0 Å². The lowest BCUT2D eigenvalue weighted by atomic mass is 9.94. The van der Waals surface area contributed by atoms with Crippen molar-refractivity contribution < 1.29 is 23.9 Å². The standard InChI is InChI=1S/C28H28N6O5S/c29-22-23(26(30)35)33-40-25(22)28(37)34(16-10-11-20-21(12-16)39-14-38-20)24(27(36)32-15-6-2-1-3-7-15)18-13-31-19-9-5-4-8-17(18)19/h4-5,8-13,15,24,31H,1-3,6-7,14,29H2,(H2,30,35)(H,32,36)/t24-/m1/s1. The fourth-order valence-corrected chi connectivity index (χ4v) is 6.14. The van der Waals surface area contributed by atoms with E-state index in [0.717, 1.165) is 54.5 Å². The van der Waals surface area contributed by atoms with E-state index in [9.17, 15) is 14.4 Å². The van der Waals surface area contributed by atoms with Gasteiger partial charge in [-0.2, -0.15) is 4.37 Å². The first-order chi connectivity index (χ1) is 19.4. The number of nitrogen functional groups attached to an aromatic ring is 1. The molecule has 1 aliphatic carbocycles. The molecule has 1 saturated carbocycles. The van der Waals surface area contributed by atoms with Gasteiger partial charge in [-0.25, -0.2) is 0 Å². The van der Waals surface area contributed by atoms with Crippen molar-refractivity contribution in [3.05, 3.63) is 64.8 Å². The van der Waals surface area contributed by atoms with Gasteiger partial charge in [0.05, 0.1) is 5.69 Å². The predicted octanol–water partition coefficient (Wildman–Crippen LogP) is 3.87. The molecular weight excluding hydrogens is 532 g/mol. The van der Waals surface area contributed by atoms with E-state index in [-0.39, 0.29) is 35.0 Å². The summed E-state index contributed by atoms with van der Waals surface area (Å²) in [4.78, 5) is 45.1. The smallest absolute Gasteiger partial charge is 0.273 e. The first-order valence-electron chi connectivity index (χ1n) is 13.1. The number of hydrogen-bond donors (Lipinski definition) is 4. The molecule has 40 heavy (non-hydrogen) atoms. The van der Waals surface area contributed by atoms with Gasteiger partial charge < -0.3 is 31.2 Å². The van der Waals surface area contributed by atoms with E-state index >= 15 is 0 Å². The highest BCUT2D eigenvalue weighted by Crippen LogP contribution is 2.41. The molecule has 4 aromatic rings. The first-order valence-corrected chi connectivity index (χ1v) is 13.8. The number of fused-ring (bicyclic) bond motifs is 2. The van der Waals surface area contributed by atoms with E-state index in [4.69, 9.17) is 20.9 Å². The van der Waals surface area contributed by atoms with Crippen molar-refractivity contribution in [3.8, 4) is 11.5 Å². The number of carbonyl (C=O) groups excluding carboxylic acids is 3. The number of nitrogens with zero attached hydrogens (tertiary/aromatic N) is 2. The lowest BCUT2D eigenvalue weighted by Crippen LogP contribution is -2.47. The molecule has 3 amide bonds. The van der Waals surface area contributed by atoms with Crippen molar-refractivity contribution in [2.75, 3.05) is 17.4 Å². The predicted molar refractivity (Wildman–Crippen MR) is 150 cm³/mol. The average molecular weight is 561 g/mol. The molecule has 0 saturated heterocycles. The van der Waals surface area contributed by atoms with E-state index < -0.39 is 17.9 Å². The fraction of sp³-hybridized carbons (Fsp3) is 0.286. The second-order valence-corrected chi connectivity index (χ2v) is 10.7. The normalized spacial score (nSPS) is 15.6. The van der Waals surface area contributed by atoms with Crippen LogP contribution >= 0.6 is 11.5 Å². The minimum Gasteiger partial charge on any atom is -0.454 e. The number of ether oxygens (including phenoxy) is 2. The zero-order valence-corrected chi connectivity index (χ0v) is 22.3. The summed E-state index contributed by atoms with van der Waals surface area (Å²) in [6.45, 7) is 0.0462. The quantitative estimate of drug-likeness (QED) is 0.266. The van der Waals surface area contributed by atoms with Gasteiger partial charge >= 0.3 is 0 Å². The lowest BCUT2D eigenvalue weighted by Gasteiger charge is -2.33. The molecule has 2 aromatic heterocycles. The summed E-state index contributed by atoms with van der Waals surface area (Å²) in [6, 6.07) is 11.5. The van der Waals surface area contributed by atoms with Crippen LogP contribution in [0.3, 0.4) is 0 Å². The van der Waals surface area contributed by atoms with Gasteiger partial charge in [0.15, 0.2) is 17.2 Å². The molecule has 0 unspecified atom stereocenters. The Labute approximate surface area is 233 Å². The molecule has 0 radical (unpaired) electrons. The number of primary amides is 1. The van der Waals surface area contributed by atoms with E-state index in [1.165, 1.54) is 4.90 Å². The molecular formula is C28H28N6O5S. The molecule has 3 heterocycles. The van der Waals surface area contributed by atoms with E-state index in [1.807, 2.05) is 24.3 Å². The summed E-state index contributed by atoms with van der Waals surface area (Å²) < 4.78 is 15.1. The molecule has 206 valence electrons. The highest BCUT2D eigenvalue weighted by atomic mass is 32.1. The van der Waals surface area contributed by atoms with Crippen LogP contribution in [0, 0.1) is 0 Å². The van der Waals surface area contributed by atoms with Gasteiger partial charge in [-0.1, -0.05) is 37.5 Å². The van der Waals surface area contributed by atoms with Crippen molar-refractivity contribution in [2.45, 2.75) is 44.2 Å². The molecule has 0 spiro atoms. The van der Waals surface area contributed by atoms with Crippen molar-refractivity contribution >= 4 is 51.5 Å². The number of amides is 3. The van der Waals surface area contributed by atoms with E-state index in [2.05, 4.69) is 14.7 Å². The number of rotatable bonds is 7. The Kier molecular flexibility index (Phi) is 6.76. The van der Waals surface area contributed by atoms with Crippen molar-refractivity contribution in [1.82, 2.24) is 14.7 Å². The van der Waals surface area contributed by atoms with Crippen LogP contribution in [0.1, 0.15) is 63.9 Å². The summed E-state index contributed by atoms with van der Waals surface area (Å²) in [6.07, 6.45) is 6.67. The number of nitrogens with one attached hydrogen (secondary N) is 2. The summed E-state index contributed by atoms with van der Waals surface area (Å²) in [5, 5.41) is 3.99. The van der Waals surface area contributed by atoms with E-state index in [0.29, 0.717) is 22.7 Å². The van der Waals surface area contributed by atoms with Gasteiger partial charge in [0, 0.05) is 40.5 Å². The van der Waals surface area contributed by atoms with Gasteiger partial charge in [0.25, 0.3) is 11.8 Å². The van der Waals surface area contributed by atoms with Crippen LogP contribution in [0.5, 0.6) is 11.5 Å². The van der Waals surface area contributed by atoms with Crippen LogP contribution in [0.15, 0.2) is 48.7 Å². The summed E-state index contributed by atoms with van der Waals surface area (Å²) in [5.74, 6) is -0.808. The Morgan fingerprint density at radius 3 is 2.62 bits per heavy atom. The largest absolute Gasteiger partial charge is 0.454 e. The number of benzene rings is 2. The third-order valence-corrected chi connectivity index (χ3v) is 8.23. The van der Waals surface area contributed by atoms with Crippen molar-refractivity contribution in [2.24, 2.45) is 5.73 Å². The van der Waals surface area contributed by atoms with Crippen LogP contribution < -0.4 is 31.2 Å². The van der Waals surface area contributed by atoms with Gasteiger partial charge in [0.1, 0.15) is 10.9 Å². The Balaban J connectivity index is 1.52. The van der Waals surface area contributed by atoms with Gasteiger partial charge in [-0.15, -0.1) is 0 Å². The Bertz CT molecular complexity index is 1610. The van der Waals surface area contributed by atoms with Gasteiger partial charge in [-0.05, 0) is 42.6 Å². The molecule has 6 N–H and O–H groups in total. The zero-order chi connectivity index (χ0) is 27.8. The SMILES string of the molecule is NC(=O)c1nsc(C(=O)N(c2ccc3c(c2)OCO3)[C@@H](C(=O)NC2CCCCC2)c2c[nH]c3ccccc23)c1N. The van der Waals surface area contributed by atoms with Crippen LogP contribution in [0.25, 0.3) is 10.9 Å². The highest BCUT2D eigenvalue weighted by Gasteiger charge is 2.38. The summed E-state index contributed by atoms with van der Waals surface area (Å²) in [7, 11) is 0. The molecule has 11 nitrogen and oxygen atoms in total. The van der Waals surface area contributed by atoms with Crippen LogP contribution in [-0.4, -0.2) is 39.9 Å². The Morgan fingerprint density at radius 1 is 1.07 bits per heavy atom. The Morgan fingerprint density at radius 2 is 1.85 bits per heavy atom. The van der Waals surface area contributed by atoms with Crippen LogP contribution in [-0.2, 0) is 4.79 Å². The minimum atomic E-state index is -1.09. The minimum absolute atomic E-state index is 0.00164. The lowest BCUT2D eigenvalue weighted by molar-refractivity contribution is -0.123. The molecule has 2 aliphatic rings. The van der Waals surface area contributed by atoms with Gasteiger partial charge in [-0.3, -0.25) is 19.3 Å². The zero-order valence-electron chi connectivity index (χ0n) is 21.5. The summed E-state index contributed by atoms with van der Waals surface area (Å²) >= 11 is 0.764. The molecule has 2 aromatic carbocycles. The number of H-pyrrole nitrogens is 1. The maximum atomic E-state index is 14.4. The molecule has 0 bridgehead atoms. The number of aromatic nitrogens is 2. The number of para-hydroxylation sites is 1. The highest BCUT2D eigenvalue weighted by molar-refractivity contribution is 7.09. The summed E-state index contributed by atoms with van der Waals surface area (Å²) in [5.41, 5.74) is 13.1. The molecule has 6 rings (SSSR count). The van der Waals surface area contributed by atoms with Crippen molar-refractivity contribution in [3.63, 3.8) is 0 Å². The van der Waals surface area contributed by atoms with E-state index in [1.54, 1.807) is 24.4 Å². The first kappa shape index (κ1) is 25.7. The number of carbonyl (C=O) groups is 3. The number of nitrogens with two attached hydrogens (primary N) is 2. The second-order valence-electron chi connectivity index (χ2n) is 9.89. The third kappa shape index (κ3) is 4.60. The molecule has 12 heteroatoms. The van der Waals surface area contributed by atoms with Gasteiger partial charge in [0.2, 0.25) is 12.7 Å². The topological polar surface area (TPSA) is 166 Å². The van der Waals surface area contributed by atoms with Crippen molar-refractivity contribution in [1.29, 1.82) is 0 Å². The maximum absolute atomic E-state index is 14.4.